The van der Waals surface area contributed by atoms with Gasteiger partial charge in [0.25, 0.3) is 0 Å². The highest BCUT2D eigenvalue weighted by Gasteiger charge is 2.39. The van der Waals surface area contributed by atoms with Gasteiger partial charge in [0.15, 0.2) is 0 Å². The van der Waals surface area contributed by atoms with E-state index in [0.29, 0.717) is 18.6 Å². The van der Waals surface area contributed by atoms with Crippen molar-refractivity contribution in [1.29, 1.82) is 0 Å². The zero-order valence-electron chi connectivity index (χ0n) is 13.5. The monoisotopic (exact) mass is 321 g/mol. The number of aromatic nitrogens is 2. The molecule has 126 valence electrons. The molecule has 3 atom stereocenters. The summed E-state index contributed by atoms with van der Waals surface area (Å²) in [6, 6.07) is 1.41. The van der Waals surface area contributed by atoms with Crippen molar-refractivity contribution in [3.63, 3.8) is 0 Å². The number of hydrogen-bond acceptors (Lipinski definition) is 5. The van der Waals surface area contributed by atoms with Crippen molar-refractivity contribution in [1.82, 2.24) is 20.0 Å². The fraction of sp³-hybridized carbons (Fsp3) is 0.733. The van der Waals surface area contributed by atoms with Crippen molar-refractivity contribution in [3.05, 3.63) is 22.5 Å². The van der Waals surface area contributed by atoms with E-state index < -0.39 is 4.92 Å². The molecule has 1 N–H and O–H groups in total. The number of amides is 1. The Morgan fingerprint density at radius 2 is 2.13 bits per heavy atom. The van der Waals surface area contributed by atoms with Gasteiger partial charge in [0.2, 0.25) is 5.91 Å². The molecule has 23 heavy (non-hydrogen) atoms. The summed E-state index contributed by atoms with van der Waals surface area (Å²) in [6.07, 6.45) is 7.04. The second-order valence-corrected chi connectivity index (χ2v) is 6.81. The molecule has 2 aliphatic rings. The molecule has 3 heterocycles. The topological polar surface area (TPSA) is 93.3 Å². The Balaban J connectivity index is 1.52. The molecule has 3 rings (SSSR count). The SMILES string of the molecule is CC(Cn1cc([N+](=O)[O-])cn1)C(=O)NC1CC2CCC(C1)N2C. The number of rotatable bonds is 5. The largest absolute Gasteiger partial charge is 0.353 e. The number of nitro groups is 1. The number of fused-ring (bicyclic) bond motifs is 2. The molecular formula is C15H23N5O3. The summed E-state index contributed by atoms with van der Waals surface area (Å²) in [5.41, 5.74) is -0.0514. The highest BCUT2D eigenvalue weighted by molar-refractivity contribution is 5.78. The van der Waals surface area contributed by atoms with Crippen LogP contribution in [-0.4, -0.2) is 50.7 Å². The average Bonchev–Trinajstić information content (AvgIpc) is 3.02. The van der Waals surface area contributed by atoms with Gasteiger partial charge in [-0.15, -0.1) is 0 Å². The molecule has 0 aromatic carbocycles. The molecule has 8 nitrogen and oxygen atoms in total. The quantitative estimate of drug-likeness (QED) is 0.649. The van der Waals surface area contributed by atoms with Gasteiger partial charge >= 0.3 is 5.69 Å². The Morgan fingerprint density at radius 1 is 1.48 bits per heavy atom. The van der Waals surface area contributed by atoms with Gasteiger partial charge in [-0.3, -0.25) is 19.6 Å². The van der Waals surface area contributed by atoms with Crippen LogP contribution in [0.15, 0.2) is 12.4 Å². The second kappa shape index (κ2) is 6.27. The van der Waals surface area contributed by atoms with Crippen molar-refractivity contribution in [2.24, 2.45) is 5.92 Å². The molecule has 1 aromatic heterocycles. The summed E-state index contributed by atoms with van der Waals surface area (Å²) in [4.78, 5) is 25.0. The summed E-state index contributed by atoms with van der Waals surface area (Å²) >= 11 is 0. The third-order valence-electron chi connectivity index (χ3n) is 5.18. The van der Waals surface area contributed by atoms with Crippen LogP contribution in [0.4, 0.5) is 5.69 Å². The first-order chi connectivity index (χ1) is 10.9. The molecule has 2 aliphatic heterocycles. The van der Waals surface area contributed by atoms with Crippen LogP contribution in [0.5, 0.6) is 0 Å². The number of nitrogens with zero attached hydrogens (tertiary/aromatic N) is 4. The fourth-order valence-corrected chi connectivity index (χ4v) is 3.78. The lowest BCUT2D eigenvalue weighted by Crippen LogP contribution is -2.50. The van der Waals surface area contributed by atoms with Crippen LogP contribution in [0.1, 0.15) is 32.6 Å². The van der Waals surface area contributed by atoms with Crippen LogP contribution >= 0.6 is 0 Å². The summed E-state index contributed by atoms with van der Waals surface area (Å²) in [7, 11) is 2.17. The van der Waals surface area contributed by atoms with Crippen molar-refractivity contribution in [3.8, 4) is 0 Å². The predicted octanol–water partition coefficient (Wildman–Crippen LogP) is 1.17. The van der Waals surface area contributed by atoms with Gasteiger partial charge in [0.05, 0.1) is 17.4 Å². The first-order valence-electron chi connectivity index (χ1n) is 8.13. The maximum absolute atomic E-state index is 12.4. The Morgan fingerprint density at radius 3 is 2.70 bits per heavy atom. The molecule has 3 unspecified atom stereocenters. The molecular weight excluding hydrogens is 298 g/mol. The van der Waals surface area contributed by atoms with E-state index >= 15 is 0 Å². The molecule has 2 bridgehead atoms. The van der Waals surface area contributed by atoms with Crippen LogP contribution < -0.4 is 5.32 Å². The zero-order valence-corrected chi connectivity index (χ0v) is 13.5. The number of piperidine rings is 1. The molecule has 2 fully saturated rings. The van der Waals surface area contributed by atoms with Gasteiger partial charge in [-0.2, -0.15) is 5.10 Å². The second-order valence-electron chi connectivity index (χ2n) is 6.81. The summed E-state index contributed by atoms with van der Waals surface area (Å²) in [5, 5.41) is 17.7. The number of carbonyl (C=O) groups is 1. The van der Waals surface area contributed by atoms with E-state index in [-0.39, 0.29) is 23.6 Å². The molecule has 8 heteroatoms. The van der Waals surface area contributed by atoms with Gasteiger partial charge in [0.1, 0.15) is 12.4 Å². The number of nitrogens with one attached hydrogen (secondary N) is 1. The van der Waals surface area contributed by atoms with E-state index in [2.05, 4.69) is 22.4 Å². The van der Waals surface area contributed by atoms with Gasteiger partial charge in [-0.25, -0.2) is 0 Å². The predicted molar refractivity (Wildman–Crippen MR) is 83.8 cm³/mol. The highest BCUT2D eigenvalue weighted by Crippen LogP contribution is 2.34. The average molecular weight is 321 g/mol. The third-order valence-corrected chi connectivity index (χ3v) is 5.18. The van der Waals surface area contributed by atoms with Crippen LogP contribution in [0, 0.1) is 16.0 Å². The lowest BCUT2D eigenvalue weighted by Gasteiger charge is -2.37. The van der Waals surface area contributed by atoms with E-state index in [1.54, 1.807) is 0 Å². The minimum Gasteiger partial charge on any atom is -0.353 e. The molecule has 0 spiro atoms. The standard InChI is InChI=1S/C15H23N5O3/c1-10(8-19-9-14(7-16-19)20(22)23)15(21)17-11-5-12-3-4-13(6-11)18(12)2/h7,9-13H,3-6,8H2,1-2H3,(H,17,21). The van der Waals surface area contributed by atoms with E-state index in [1.807, 2.05) is 6.92 Å². The van der Waals surface area contributed by atoms with Gasteiger partial charge in [0, 0.05) is 18.1 Å². The van der Waals surface area contributed by atoms with Crippen molar-refractivity contribution in [2.45, 2.75) is 57.3 Å². The van der Waals surface area contributed by atoms with E-state index in [0.717, 1.165) is 12.8 Å². The van der Waals surface area contributed by atoms with Crippen molar-refractivity contribution in [2.75, 3.05) is 7.05 Å². The lowest BCUT2D eigenvalue weighted by molar-refractivity contribution is -0.385. The molecule has 0 radical (unpaired) electrons. The van der Waals surface area contributed by atoms with E-state index in [4.69, 9.17) is 0 Å². The number of hydrogen-bond donors (Lipinski definition) is 1. The first-order valence-corrected chi connectivity index (χ1v) is 8.13. The van der Waals surface area contributed by atoms with Crippen molar-refractivity contribution >= 4 is 11.6 Å². The number of carbonyl (C=O) groups excluding carboxylic acids is 1. The van der Waals surface area contributed by atoms with Crippen LogP contribution in [0.3, 0.4) is 0 Å². The molecule has 1 amide bonds. The van der Waals surface area contributed by atoms with E-state index in [1.165, 1.54) is 29.9 Å². The summed E-state index contributed by atoms with van der Waals surface area (Å²) in [6.45, 7) is 2.17. The normalized spacial score (nSPS) is 28.5. The Bertz CT molecular complexity index is 588. The van der Waals surface area contributed by atoms with Crippen LogP contribution in [0.2, 0.25) is 0 Å². The summed E-state index contributed by atoms with van der Waals surface area (Å²) in [5.74, 6) is -0.274. The van der Waals surface area contributed by atoms with Crippen LogP contribution in [-0.2, 0) is 11.3 Å². The third kappa shape index (κ3) is 3.36. The molecule has 2 saturated heterocycles. The minimum absolute atomic E-state index is 0.00268. The minimum atomic E-state index is -0.484. The molecule has 0 aliphatic carbocycles. The van der Waals surface area contributed by atoms with Crippen LogP contribution in [0.25, 0.3) is 0 Å². The Kier molecular flexibility index (Phi) is 4.34. The van der Waals surface area contributed by atoms with E-state index in [9.17, 15) is 14.9 Å². The first kappa shape index (κ1) is 15.9. The molecule has 0 saturated carbocycles. The maximum Gasteiger partial charge on any atom is 0.306 e. The van der Waals surface area contributed by atoms with Gasteiger partial charge in [-0.1, -0.05) is 6.92 Å². The Hall–Kier alpha value is -1.96. The smallest absolute Gasteiger partial charge is 0.306 e. The lowest BCUT2D eigenvalue weighted by atomic mass is 9.97. The Labute approximate surface area is 135 Å². The van der Waals surface area contributed by atoms with Crippen molar-refractivity contribution < 1.29 is 9.72 Å². The summed E-state index contributed by atoms with van der Waals surface area (Å²) < 4.78 is 1.46. The molecule has 1 aromatic rings. The fourth-order valence-electron chi connectivity index (χ4n) is 3.78. The van der Waals surface area contributed by atoms with Gasteiger partial charge < -0.3 is 10.2 Å². The highest BCUT2D eigenvalue weighted by atomic mass is 16.6. The zero-order chi connectivity index (χ0) is 16.6. The van der Waals surface area contributed by atoms with Gasteiger partial charge in [-0.05, 0) is 32.7 Å². The maximum atomic E-state index is 12.4.